The molecule has 0 unspecified atom stereocenters. The number of hydrogen-bond donors (Lipinski definition) is 3. The minimum absolute atomic E-state index is 0.199. The van der Waals surface area contributed by atoms with E-state index in [4.69, 9.17) is 26.4 Å². The van der Waals surface area contributed by atoms with Crippen LogP contribution in [0.25, 0.3) is 0 Å². The van der Waals surface area contributed by atoms with Crippen LogP contribution in [0.1, 0.15) is 31.0 Å². The highest BCUT2D eigenvalue weighted by Crippen LogP contribution is 2.33. The van der Waals surface area contributed by atoms with Gasteiger partial charge in [0.1, 0.15) is 11.5 Å². The van der Waals surface area contributed by atoms with E-state index in [1.165, 1.54) is 13.3 Å². The van der Waals surface area contributed by atoms with Crippen LogP contribution in [-0.4, -0.2) is 56.1 Å². The van der Waals surface area contributed by atoms with E-state index in [1.54, 1.807) is 50.2 Å². The number of halogens is 2. The smallest absolute Gasteiger partial charge is 0.343 e. The first kappa shape index (κ1) is 31.5. The largest absolute Gasteiger partial charge is 0.483 e. The zero-order chi connectivity index (χ0) is 29.2. The van der Waals surface area contributed by atoms with Crippen molar-refractivity contribution in [2.45, 2.75) is 19.9 Å². The zero-order valence-electron chi connectivity index (χ0n) is 21.7. The van der Waals surface area contributed by atoms with Crippen molar-refractivity contribution in [1.29, 1.82) is 0 Å². The maximum atomic E-state index is 12.7. The number of esters is 2. The van der Waals surface area contributed by atoms with Crippen molar-refractivity contribution >= 4 is 86.6 Å². The van der Waals surface area contributed by atoms with E-state index in [9.17, 15) is 14.4 Å². The van der Waals surface area contributed by atoms with E-state index < -0.39 is 23.9 Å². The minimum Gasteiger partial charge on any atom is -0.483 e. The molecule has 3 N–H and O–H groups in total. The summed E-state index contributed by atoms with van der Waals surface area (Å²) in [6.07, 6.45) is 1.49. The summed E-state index contributed by atoms with van der Waals surface area (Å²) in [5, 5.41) is 10.4. The quantitative estimate of drug-likeness (QED) is 0.102. The van der Waals surface area contributed by atoms with Gasteiger partial charge in [0.25, 0.3) is 5.91 Å². The average Bonchev–Trinajstić information content (AvgIpc) is 2.91. The molecular formula is C26H26I2N4O7S. The molecule has 2 aromatic carbocycles. The molecule has 0 spiro atoms. The third kappa shape index (κ3) is 8.50. The number of hydrogen-bond acceptors (Lipinski definition) is 9. The van der Waals surface area contributed by atoms with Gasteiger partial charge in [-0.05, 0) is 95.0 Å². The predicted molar refractivity (Wildman–Crippen MR) is 168 cm³/mol. The molecule has 3 rings (SSSR count). The maximum absolute atomic E-state index is 12.7. The molecule has 0 aliphatic carbocycles. The molecule has 2 aromatic rings. The van der Waals surface area contributed by atoms with Crippen LogP contribution in [0.3, 0.4) is 0 Å². The molecular weight excluding hydrogens is 766 g/mol. The molecule has 0 radical (unpaired) electrons. The summed E-state index contributed by atoms with van der Waals surface area (Å²) in [5.41, 5.74) is 4.71. The molecule has 1 atom stereocenters. The lowest BCUT2D eigenvalue weighted by atomic mass is 9.95. The highest BCUT2D eigenvalue weighted by Gasteiger charge is 2.32. The van der Waals surface area contributed by atoms with Gasteiger partial charge < -0.3 is 29.6 Å². The number of hydrazone groups is 1. The van der Waals surface area contributed by atoms with Crippen molar-refractivity contribution < 1.29 is 33.3 Å². The highest BCUT2D eigenvalue weighted by molar-refractivity contribution is 14.1. The number of rotatable bonds is 11. The minimum atomic E-state index is -0.630. The number of nitrogens with zero attached hydrogens (tertiary/aromatic N) is 1. The average molecular weight is 792 g/mol. The number of carbonyl (C=O) groups excluding carboxylic acids is 3. The maximum Gasteiger partial charge on any atom is 0.343 e. The Morgan fingerprint density at radius 1 is 1.12 bits per heavy atom. The van der Waals surface area contributed by atoms with Crippen LogP contribution in [0.5, 0.6) is 11.5 Å². The van der Waals surface area contributed by atoms with E-state index in [-0.39, 0.29) is 19.8 Å². The van der Waals surface area contributed by atoms with Gasteiger partial charge in [-0.2, -0.15) is 5.10 Å². The second-order valence-electron chi connectivity index (χ2n) is 8.09. The molecule has 1 aliphatic heterocycles. The van der Waals surface area contributed by atoms with Crippen LogP contribution in [0.4, 0.5) is 0 Å². The molecule has 1 heterocycles. The van der Waals surface area contributed by atoms with Crippen LogP contribution in [0.15, 0.2) is 52.8 Å². The van der Waals surface area contributed by atoms with Crippen LogP contribution in [-0.2, 0) is 23.9 Å². The Labute approximate surface area is 263 Å². The summed E-state index contributed by atoms with van der Waals surface area (Å²) >= 11 is 9.48. The summed E-state index contributed by atoms with van der Waals surface area (Å²) in [7, 11) is 1.29. The number of methoxy groups -OCH3 is 1. The van der Waals surface area contributed by atoms with Crippen molar-refractivity contribution in [2.75, 3.05) is 26.9 Å². The summed E-state index contributed by atoms with van der Waals surface area (Å²) in [6, 6.07) is 10.0. The van der Waals surface area contributed by atoms with E-state index in [2.05, 4.69) is 71.1 Å². The summed E-state index contributed by atoms with van der Waals surface area (Å²) in [4.78, 5) is 36.5. The Kier molecular flexibility index (Phi) is 11.9. The molecule has 1 aliphatic rings. The van der Waals surface area contributed by atoms with E-state index in [1.807, 2.05) is 0 Å². The number of amides is 1. The number of ether oxygens (including phenoxy) is 4. The van der Waals surface area contributed by atoms with Gasteiger partial charge in [-0.15, -0.1) is 0 Å². The van der Waals surface area contributed by atoms with Gasteiger partial charge in [0.05, 0.1) is 38.7 Å². The third-order valence-electron chi connectivity index (χ3n) is 5.34. The Morgan fingerprint density at radius 3 is 2.50 bits per heavy atom. The first-order valence-corrected chi connectivity index (χ1v) is 14.4. The van der Waals surface area contributed by atoms with E-state index in [0.717, 1.165) is 7.14 Å². The zero-order valence-corrected chi connectivity index (χ0v) is 26.8. The molecule has 0 fully saturated rings. The lowest BCUT2D eigenvalue weighted by Crippen LogP contribution is -2.45. The molecule has 40 heavy (non-hydrogen) atoms. The standard InChI is InChI=1S/C26H26I2N4O7S/c1-4-37-25(35)22-14(2)30-26(40)31-23(22)16-7-5-6-8-19(16)38-12-20(33)32-29-11-15-9-17(27)24(18(28)10-15)39-13-21(34)36-3/h5-11,23H,4,12-13H2,1-3H3,(H,32,33)(H2,30,31,40)/t23-/m1/s1. The second kappa shape index (κ2) is 15.1. The van der Waals surface area contributed by atoms with Gasteiger partial charge in [0.15, 0.2) is 18.3 Å². The Hall–Kier alpha value is -2.99. The van der Waals surface area contributed by atoms with Crippen molar-refractivity contribution in [2.24, 2.45) is 5.10 Å². The van der Waals surface area contributed by atoms with Gasteiger partial charge in [-0.25, -0.2) is 15.0 Å². The fraction of sp³-hybridized carbons (Fsp3) is 0.269. The molecule has 0 aromatic heterocycles. The number of para-hydroxylation sites is 1. The first-order chi connectivity index (χ1) is 19.1. The summed E-state index contributed by atoms with van der Waals surface area (Å²) in [6.45, 7) is 3.17. The van der Waals surface area contributed by atoms with Gasteiger partial charge in [-0.1, -0.05) is 18.2 Å². The Bertz CT molecular complexity index is 1340. The van der Waals surface area contributed by atoms with Gasteiger partial charge in [0.2, 0.25) is 0 Å². The summed E-state index contributed by atoms with van der Waals surface area (Å²) in [5.74, 6) is -0.502. The first-order valence-electron chi connectivity index (χ1n) is 11.8. The van der Waals surface area contributed by atoms with Crippen molar-refractivity contribution in [3.05, 3.63) is 65.9 Å². The number of thiocarbonyl (C=S) groups is 1. The molecule has 1 amide bonds. The SMILES string of the molecule is CCOC(=O)C1=C(C)NC(=S)N[C@@H]1c1ccccc1OCC(=O)NN=Cc1cc(I)c(OCC(=O)OC)c(I)c1. The lowest BCUT2D eigenvalue weighted by Gasteiger charge is -2.30. The summed E-state index contributed by atoms with van der Waals surface area (Å²) < 4.78 is 22.7. The van der Waals surface area contributed by atoms with Crippen molar-refractivity contribution in [3.63, 3.8) is 0 Å². The number of allylic oxidation sites excluding steroid dienone is 1. The highest BCUT2D eigenvalue weighted by atomic mass is 127. The van der Waals surface area contributed by atoms with Crippen LogP contribution in [0, 0.1) is 7.14 Å². The van der Waals surface area contributed by atoms with Crippen LogP contribution in [0.2, 0.25) is 0 Å². The predicted octanol–water partition coefficient (Wildman–Crippen LogP) is 3.33. The topological polar surface area (TPSA) is 137 Å². The molecule has 11 nitrogen and oxygen atoms in total. The number of nitrogens with one attached hydrogen (secondary N) is 3. The van der Waals surface area contributed by atoms with Crippen LogP contribution < -0.4 is 25.5 Å². The Balaban J connectivity index is 1.66. The fourth-order valence-corrected chi connectivity index (χ4v) is 5.99. The third-order valence-corrected chi connectivity index (χ3v) is 7.16. The van der Waals surface area contributed by atoms with Crippen LogP contribution >= 0.6 is 57.4 Å². The lowest BCUT2D eigenvalue weighted by molar-refractivity contribution is -0.143. The second-order valence-corrected chi connectivity index (χ2v) is 10.8. The van der Waals surface area contributed by atoms with E-state index >= 15 is 0 Å². The van der Waals surface area contributed by atoms with E-state index in [0.29, 0.717) is 39.0 Å². The van der Waals surface area contributed by atoms with Gasteiger partial charge >= 0.3 is 11.9 Å². The molecule has 14 heteroatoms. The van der Waals surface area contributed by atoms with Crippen molar-refractivity contribution in [1.82, 2.24) is 16.1 Å². The van der Waals surface area contributed by atoms with Crippen molar-refractivity contribution in [3.8, 4) is 11.5 Å². The fourth-order valence-electron chi connectivity index (χ4n) is 3.59. The molecule has 0 bridgehead atoms. The monoisotopic (exact) mass is 792 g/mol. The Morgan fingerprint density at radius 2 is 1.82 bits per heavy atom. The van der Waals surface area contributed by atoms with Gasteiger partial charge in [-0.3, -0.25) is 4.79 Å². The number of carbonyl (C=O) groups is 3. The number of benzene rings is 2. The normalized spacial score (nSPS) is 14.7. The molecule has 0 saturated heterocycles. The van der Waals surface area contributed by atoms with Gasteiger partial charge in [0, 0.05) is 11.3 Å². The molecule has 0 saturated carbocycles. The molecule has 212 valence electrons.